The van der Waals surface area contributed by atoms with E-state index >= 15 is 0 Å². The summed E-state index contributed by atoms with van der Waals surface area (Å²) in [5.41, 5.74) is 1.55. The SMILES string of the molecule is CC(OC1CC(Cl)C12CCCCC2)c1ccccc1. The Morgan fingerprint density at radius 1 is 1.16 bits per heavy atom. The number of benzene rings is 1. The van der Waals surface area contributed by atoms with E-state index < -0.39 is 0 Å². The highest BCUT2D eigenvalue weighted by Crippen LogP contribution is 2.56. The molecular weight excluding hydrogens is 256 g/mol. The van der Waals surface area contributed by atoms with Crippen LogP contribution in [0.1, 0.15) is 57.1 Å². The zero-order valence-corrected chi connectivity index (χ0v) is 12.4. The van der Waals surface area contributed by atoms with Gasteiger partial charge in [-0.1, -0.05) is 49.6 Å². The van der Waals surface area contributed by atoms with Crippen molar-refractivity contribution >= 4 is 11.6 Å². The van der Waals surface area contributed by atoms with E-state index in [1.807, 2.05) is 0 Å². The van der Waals surface area contributed by atoms with Crippen LogP contribution in [0.2, 0.25) is 0 Å². The highest BCUT2D eigenvalue weighted by Gasteiger charge is 2.55. The molecule has 19 heavy (non-hydrogen) atoms. The molecule has 1 aromatic carbocycles. The Kier molecular flexibility index (Phi) is 3.86. The van der Waals surface area contributed by atoms with Gasteiger partial charge in [0.1, 0.15) is 0 Å². The van der Waals surface area contributed by atoms with E-state index in [1.165, 1.54) is 37.7 Å². The lowest BCUT2D eigenvalue weighted by atomic mass is 9.58. The molecule has 3 atom stereocenters. The topological polar surface area (TPSA) is 9.23 Å². The fourth-order valence-electron chi connectivity index (χ4n) is 3.78. The van der Waals surface area contributed by atoms with Crippen LogP contribution in [0.3, 0.4) is 0 Å². The first kappa shape index (κ1) is 13.5. The van der Waals surface area contributed by atoms with E-state index in [9.17, 15) is 0 Å². The van der Waals surface area contributed by atoms with Crippen LogP contribution in [-0.2, 0) is 4.74 Å². The summed E-state index contributed by atoms with van der Waals surface area (Å²) in [5, 5.41) is 0.334. The molecule has 1 aromatic rings. The summed E-state index contributed by atoms with van der Waals surface area (Å²) in [4.78, 5) is 0. The van der Waals surface area contributed by atoms with Crippen molar-refractivity contribution in [3.8, 4) is 0 Å². The van der Waals surface area contributed by atoms with Crippen molar-refractivity contribution in [2.75, 3.05) is 0 Å². The average Bonchev–Trinajstić information content (AvgIpc) is 2.48. The molecule has 104 valence electrons. The van der Waals surface area contributed by atoms with Crippen molar-refractivity contribution in [3.63, 3.8) is 0 Å². The summed E-state index contributed by atoms with van der Waals surface area (Å²) >= 11 is 6.53. The Labute approximate surface area is 121 Å². The molecule has 0 N–H and O–H groups in total. The van der Waals surface area contributed by atoms with Gasteiger partial charge in [0.05, 0.1) is 12.2 Å². The van der Waals surface area contributed by atoms with E-state index in [0.717, 1.165) is 6.42 Å². The van der Waals surface area contributed by atoms with Gasteiger partial charge in [-0.2, -0.15) is 0 Å². The van der Waals surface area contributed by atoms with Gasteiger partial charge in [0.2, 0.25) is 0 Å². The van der Waals surface area contributed by atoms with Crippen LogP contribution >= 0.6 is 11.6 Å². The van der Waals surface area contributed by atoms with Crippen LogP contribution in [0.5, 0.6) is 0 Å². The molecule has 0 aliphatic heterocycles. The fourth-order valence-corrected chi connectivity index (χ4v) is 4.30. The molecule has 1 spiro atoms. The van der Waals surface area contributed by atoms with Crippen LogP contribution in [0.25, 0.3) is 0 Å². The van der Waals surface area contributed by atoms with Crippen LogP contribution in [-0.4, -0.2) is 11.5 Å². The molecule has 0 amide bonds. The number of ether oxygens (including phenoxy) is 1. The van der Waals surface area contributed by atoms with Gasteiger partial charge >= 0.3 is 0 Å². The molecule has 0 radical (unpaired) electrons. The summed E-state index contributed by atoms with van der Waals surface area (Å²) in [7, 11) is 0. The van der Waals surface area contributed by atoms with E-state index in [2.05, 4.69) is 37.3 Å². The van der Waals surface area contributed by atoms with Crippen molar-refractivity contribution in [1.82, 2.24) is 0 Å². The van der Waals surface area contributed by atoms with Crippen molar-refractivity contribution in [2.24, 2.45) is 5.41 Å². The van der Waals surface area contributed by atoms with Crippen molar-refractivity contribution in [3.05, 3.63) is 35.9 Å². The van der Waals surface area contributed by atoms with E-state index in [0.29, 0.717) is 11.5 Å². The number of rotatable bonds is 3. The third-order valence-electron chi connectivity index (χ3n) is 5.11. The molecule has 2 aliphatic carbocycles. The molecule has 1 nitrogen and oxygen atoms in total. The van der Waals surface area contributed by atoms with Crippen LogP contribution < -0.4 is 0 Å². The molecule has 0 aromatic heterocycles. The summed E-state index contributed by atoms with van der Waals surface area (Å²) in [6, 6.07) is 10.5. The zero-order chi connectivity index (χ0) is 13.3. The number of hydrogen-bond donors (Lipinski definition) is 0. The van der Waals surface area contributed by atoms with Gasteiger partial charge < -0.3 is 4.74 Å². The third-order valence-corrected chi connectivity index (χ3v) is 5.72. The van der Waals surface area contributed by atoms with Gasteiger partial charge in [0.15, 0.2) is 0 Å². The van der Waals surface area contributed by atoms with E-state index in [1.54, 1.807) is 0 Å². The molecule has 3 rings (SSSR count). The van der Waals surface area contributed by atoms with Crippen molar-refractivity contribution in [1.29, 1.82) is 0 Å². The van der Waals surface area contributed by atoms with Gasteiger partial charge in [-0.3, -0.25) is 0 Å². The molecule has 0 bridgehead atoms. The van der Waals surface area contributed by atoms with Gasteiger partial charge in [0, 0.05) is 10.8 Å². The first-order valence-corrected chi connectivity index (χ1v) is 8.00. The smallest absolute Gasteiger partial charge is 0.0800 e. The summed E-state index contributed by atoms with van der Waals surface area (Å²) in [6.45, 7) is 2.16. The molecule has 2 aliphatic rings. The first-order chi connectivity index (χ1) is 9.22. The summed E-state index contributed by atoms with van der Waals surface area (Å²) in [6.07, 6.45) is 8.09. The lowest BCUT2D eigenvalue weighted by Crippen LogP contribution is -2.56. The quantitative estimate of drug-likeness (QED) is 0.700. The highest BCUT2D eigenvalue weighted by atomic mass is 35.5. The Morgan fingerprint density at radius 3 is 2.47 bits per heavy atom. The Morgan fingerprint density at radius 2 is 1.84 bits per heavy atom. The lowest BCUT2D eigenvalue weighted by molar-refractivity contribution is -0.150. The fraction of sp³-hybridized carbons (Fsp3) is 0.647. The minimum Gasteiger partial charge on any atom is -0.370 e. The third kappa shape index (κ3) is 2.43. The molecular formula is C17H23ClO. The molecule has 2 heteroatoms. The Bertz CT molecular complexity index is 411. The predicted octanol–water partition coefficient (Wildman–Crippen LogP) is 5.09. The van der Waals surface area contributed by atoms with Crippen molar-refractivity contribution < 1.29 is 4.74 Å². The normalized spacial score (nSPS) is 30.8. The number of alkyl halides is 1. The van der Waals surface area contributed by atoms with Crippen LogP contribution in [0.4, 0.5) is 0 Å². The maximum absolute atomic E-state index is 6.53. The average molecular weight is 279 g/mol. The number of hydrogen-bond acceptors (Lipinski definition) is 1. The summed E-state index contributed by atoms with van der Waals surface area (Å²) in [5.74, 6) is 0. The molecule has 2 fully saturated rings. The Balaban J connectivity index is 1.67. The van der Waals surface area contributed by atoms with Gasteiger partial charge in [0.25, 0.3) is 0 Å². The second-order valence-corrected chi connectivity index (χ2v) is 6.70. The van der Waals surface area contributed by atoms with Gasteiger partial charge in [-0.15, -0.1) is 11.6 Å². The largest absolute Gasteiger partial charge is 0.370 e. The highest BCUT2D eigenvalue weighted by molar-refractivity contribution is 6.21. The molecule has 0 saturated heterocycles. The van der Waals surface area contributed by atoms with E-state index in [4.69, 9.17) is 16.3 Å². The van der Waals surface area contributed by atoms with E-state index in [-0.39, 0.29) is 11.5 Å². The molecule has 3 unspecified atom stereocenters. The monoisotopic (exact) mass is 278 g/mol. The lowest BCUT2D eigenvalue weighted by Gasteiger charge is -2.56. The molecule has 2 saturated carbocycles. The standard InChI is InChI=1S/C17H23ClO/c1-13(14-8-4-2-5-9-14)19-16-12-15(18)17(16)10-6-3-7-11-17/h2,4-5,8-9,13,15-16H,3,6-7,10-12H2,1H3. The van der Waals surface area contributed by atoms with Gasteiger partial charge in [-0.25, -0.2) is 0 Å². The maximum Gasteiger partial charge on any atom is 0.0800 e. The summed E-state index contributed by atoms with van der Waals surface area (Å²) < 4.78 is 6.35. The Hall–Kier alpha value is -0.530. The molecule has 0 heterocycles. The zero-order valence-electron chi connectivity index (χ0n) is 11.6. The van der Waals surface area contributed by atoms with Gasteiger partial charge in [-0.05, 0) is 31.7 Å². The number of halogens is 1. The second kappa shape index (κ2) is 5.46. The minimum atomic E-state index is 0.175. The van der Waals surface area contributed by atoms with Crippen molar-refractivity contribution in [2.45, 2.75) is 63.0 Å². The van der Waals surface area contributed by atoms with Crippen LogP contribution in [0.15, 0.2) is 30.3 Å². The second-order valence-electron chi connectivity index (χ2n) is 6.17. The first-order valence-electron chi connectivity index (χ1n) is 7.57. The predicted molar refractivity (Wildman–Crippen MR) is 79.5 cm³/mol. The minimum absolute atomic E-state index is 0.175. The van der Waals surface area contributed by atoms with Crippen LogP contribution in [0, 0.1) is 5.41 Å². The maximum atomic E-state index is 6.53.